The van der Waals surface area contributed by atoms with Crippen LogP contribution in [0, 0.1) is 0 Å². The summed E-state index contributed by atoms with van der Waals surface area (Å²) in [5.41, 5.74) is 4.60. The van der Waals surface area contributed by atoms with Crippen molar-refractivity contribution in [1.29, 1.82) is 0 Å². The standard InChI is InChI=1S/C12H17ClF3N3/c1-8(2)19(5-3-4-17)11-10(13)6-9(7-18-11)12(14,15)16/h6-8H,3-5,17H2,1-2H3. The van der Waals surface area contributed by atoms with Gasteiger partial charge in [-0.2, -0.15) is 13.2 Å². The molecule has 0 atom stereocenters. The van der Waals surface area contributed by atoms with Gasteiger partial charge < -0.3 is 10.6 Å². The van der Waals surface area contributed by atoms with E-state index >= 15 is 0 Å². The third-order valence-corrected chi connectivity index (χ3v) is 2.93. The Hall–Kier alpha value is -1.01. The molecule has 0 aromatic carbocycles. The number of alkyl halides is 3. The number of anilines is 1. The first-order valence-electron chi connectivity index (χ1n) is 5.96. The van der Waals surface area contributed by atoms with E-state index in [1.54, 1.807) is 0 Å². The molecule has 0 saturated heterocycles. The van der Waals surface area contributed by atoms with Gasteiger partial charge in [-0.3, -0.25) is 0 Å². The van der Waals surface area contributed by atoms with Crippen molar-refractivity contribution in [2.24, 2.45) is 5.73 Å². The summed E-state index contributed by atoms with van der Waals surface area (Å²) in [6.07, 6.45) is -2.91. The largest absolute Gasteiger partial charge is 0.417 e. The average Bonchev–Trinajstić information content (AvgIpc) is 2.29. The topological polar surface area (TPSA) is 42.1 Å². The number of pyridine rings is 1. The molecule has 2 N–H and O–H groups in total. The maximum Gasteiger partial charge on any atom is 0.417 e. The van der Waals surface area contributed by atoms with Crippen molar-refractivity contribution < 1.29 is 13.2 Å². The smallest absolute Gasteiger partial charge is 0.353 e. The van der Waals surface area contributed by atoms with E-state index in [9.17, 15) is 13.2 Å². The van der Waals surface area contributed by atoms with Crippen molar-refractivity contribution in [3.8, 4) is 0 Å². The Morgan fingerprint density at radius 2 is 2.05 bits per heavy atom. The molecule has 0 amide bonds. The zero-order valence-electron chi connectivity index (χ0n) is 10.8. The third kappa shape index (κ3) is 4.24. The van der Waals surface area contributed by atoms with Gasteiger partial charge in [0.15, 0.2) is 0 Å². The molecule has 0 aliphatic carbocycles. The maximum atomic E-state index is 12.5. The van der Waals surface area contributed by atoms with Crippen LogP contribution in [0.5, 0.6) is 0 Å². The van der Waals surface area contributed by atoms with Crippen LogP contribution in [-0.4, -0.2) is 24.1 Å². The number of hydrogen-bond acceptors (Lipinski definition) is 3. The molecule has 7 heteroatoms. The lowest BCUT2D eigenvalue weighted by molar-refractivity contribution is -0.137. The molecule has 108 valence electrons. The Kier molecular flexibility index (Phi) is 5.43. The second-order valence-electron chi connectivity index (χ2n) is 4.46. The van der Waals surface area contributed by atoms with E-state index in [0.717, 1.165) is 18.7 Å². The molecular weight excluding hydrogens is 279 g/mol. The fourth-order valence-electron chi connectivity index (χ4n) is 1.67. The summed E-state index contributed by atoms with van der Waals surface area (Å²) >= 11 is 5.92. The molecule has 1 rings (SSSR count). The van der Waals surface area contributed by atoms with E-state index in [4.69, 9.17) is 17.3 Å². The monoisotopic (exact) mass is 295 g/mol. The van der Waals surface area contributed by atoms with Gasteiger partial charge >= 0.3 is 6.18 Å². The summed E-state index contributed by atoms with van der Waals surface area (Å²) in [7, 11) is 0. The predicted octanol–water partition coefficient (Wildman–Crippen LogP) is 3.32. The highest BCUT2D eigenvalue weighted by atomic mass is 35.5. The Morgan fingerprint density at radius 1 is 1.42 bits per heavy atom. The zero-order chi connectivity index (χ0) is 14.6. The molecule has 3 nitrogen and oxygen atoms in total. The quantitative estimate of drug-likeness (QED) is 0.906. The molecule has 19 heavy (non-hydrogen) atoms. The van der Waals surface area contributed by atoms with E-state index in [1.807, 2.05) is 18.7 Å². The van der Waals surface area contributed by atoms with Crippen molar-refractivity contribution in [2.75, 3.05) is 18.0 Å². The first kappa shape index (κ1) is 16.0. The van der Waals surface area contributed by atoms with Crippen LogP contribution in [-0.2, 0) is 6.18 Å². The summed E-state index contributed by atoms with van der Waals surface area (Å²) in [5.74, 6) is 0.359. The lowest BCUT2D eigenvalue weighted by atomic mass is 10.2. The van der Waals surface area contributed by atoms with Gasteiger partial charge in [-0.25, -0.2) is 4.98 Å². The summed E-state index contributed by atoms with van der Waals surface area (Å²) in [6, 6.07) is 0.982. The van der Waals surface area contributed by atoms with Crippen LogP contribution in [0.4, 0.5) is 19.0 Å². The summed E-state index contributed by atoms with van der Waals surface area (Å²) in [5, 5.41) is 0.000506. The number of aromatic nitrogens is 1. The highest BCUT2D eigenvalue weighted by Crippen LogP contribution is 2.33. The summed E-state index contributed by atoms with van der Waals surface area (Å²) in [6.45, 7) is 4.95. The van der Waals surface area contributed by atoms with Gasteiger partial charge in [-0.1, -0.05) is 11.6 Å². The minimum Gasteiger partial charge on any atom is -0.353 e. The van der Waals surface area contributed by atoms with Crippen LogP contribution in [0.3, 0.4) is 0 Å². The Morgan fingerprint density at radius 3 is 2.47 bits per heavy atom. The van der Waals surface area contributed by atoms with Gasteiger partial charge in [0.1, 0.15) is 5.82 Å². The minimum absolute atomic E-state index is 0.000506. The SMILES string of the molecule is CC(C)N(CCCN)c1ncc(C(F)(F)F)cc1Cl. The lowest BCUT2D eigenvalue weighted by Gasteiger charge is -2.28. The van der Waals surface area contributed by atoms with Gasteiger partial charge in [-0.05, 0) is 32.9 Å². The fourth-order valence-corrected chi connectivity index (χ4v) is 1.94. The van der Waals surface area contributed by atoms with E-state index in [0.29, 0.717) is 18.9 Å². The first-order chi connectivity index (χ1) is 8.77. The highest BCUT2D eigenvalue weighted by Gasteiger charge is 2.32. The van der Waals surface area contributed by atoms with Gasteiger partial charge in [-0.15, -0.1) is 0 Å². The van der Waals surface area contributed by atoms with Gasteiger partial charge in [0.25, 0.3) is 0 Å². The molecule has 0 fully saturated rings. The van der Waals surface area contributed by atoms with Crippen molar-refractivity contribution in [3.05, 3.63) is 22.8 Å². The Labute approximate surface area is 115 Å². The Balaban J connectivity index is 3.05. The molecule has 1 heterocycles. The predicted molar refractivity (Wildman–Crippen MR) is 70.4 cm³/mol. The summed E-state index contributed by atoms with van der Waals surface area (Å²) < 4.78 is 37.6. The van der Waals surface area contributed by atoms with Crippen LogP contribution in [0.25, 0.3) is 0 Å². The number of rotatable bonds is 5. The first-order valence-corrected chi connectivity index (χ1v) is 6.34. The van der Waals surface area contributed by atoms with Crippen molar-refractivity contribution in [3.63, 3.8) is 0 Å². The molecule has 1 aromatic heterocycles. The molecule has 0 unspecified atom stereocenters. The van der Waals surface area contributed by atoms with Crippen LogP contribution < -0.4 is 10.6 Å². The van der Waals surface area contributed by atoms with E-state index in [1.165, 1.54) is 0 Å². The van der Waals surface area contributed by atoms with Gasteiger partial charge in [0, 0.05) is 18.8 Å². The van der Waals surface area contributed by atoms with Crippen LogP contribution in [0.2, 0.25) is 5.02 Å². The second-order valence-corrected chi connectivity index (χ2v) is 4.86. The van der Waals surface area contributed by atoms with Crippen LogP contribution >= 0.6 is 11.6 Å². The molecule has 0 saturated carbocycles. The molecule has 0 spiro atoms. The number of nitrogens with two attached hydrogens (primary N) is 1. The van der Waals surface area contributed by atoms with Crippen molar-refractivity contribution in [2.45, 2.75) is 32.5 Å². The maximum absolute atomic E-state index is 12.5. The Bertz CT molecular complexity index is 421. The molecular formula is C12H17ClF3N3. The third-order valence-electron chi connectivity index (χ3n) is 2.65. The second kappa shape index (κ2) is 6.43. The molecule has 0 bridgehead atoms. The van der Waals surface area contributed by atoms with E-state index in [2.05, 4.69) is 4.98 Å². The van der Waals surface area contributed by atoms with Crippen LogP contribution in [0.15, 0.2) is 12.3 Å². The van der Waals surface area contributed by atoms with Crippen LogP contribution in [0.1, 0.15) is 25.8 Å². The minimum atomic E-state index is -4.44. The van der Waals surface area contributed by atoms with E-state index in [-0.39, 0.29) is 11.1 Å². The molecule has 0 radical (unpaired) electrons. The van der Waals surface area contributed by atoms with Gasteiger partial charge in [0.2, 0.25) is 0 Å². The van der Waals surface area contributed by atoms with Gasteiger partial charge in [0.05, 0.1) is 10.6 Å². The zero-order valence-corrected chi connectivity index (χ0v) is 11.6. The fraction of sp³-hybridized carbons (Fsp3) is 0.583. The average molecular weight is 296 g/mol. The number of hydrogen-bond donors (Lipinski definition) is 1. The number of nitrogens with zero attached hydrogens (tertiary/aromatic N) is 2. The van der Waals surface area contributed by atoms with Crippen molar-refractivity contribution in [1.82, 2.24) is 4.98 Å². The van der Waals surface area contributed by atoms with Crippen molar-refractivity contribution >= 4 is 17.4 Å². The lowest BCUT2D eigenvalue weighted by Crippen LogP contribution is -2.33. The summed E-state index contributed by atoms with van der Waals surface area (Å²) in [4.78, 5) is 5.69. The molecule has 0 aliphatic rings. The molecule has 0 aliphatic heterocycles. The normalized spacial score (nSPS) is 12.0. The molecule has 1 aromatic rings. The number of halogens is 4. The highest BCUT2D eigenvalue weighted by molar-refractivity contribution is 6.33. The van der Waals surface area contributed by atoms with E-state index < -0.39 is 11.7 Å².